The van der Waals surface area contributed by atoms with Gasteiger partial charge in [-0.1, -0.05) is 0 Å². The van der Waals surface area contributed by atoms with Crippen molar-refractivity contribution in [1.82, 2.24) is 0 Å². The fourth-order valence-corrected chi connectivity index (χ4v) is 2.49. The molecule has 246 valence electrons. The Bertz CT molecular complexity index is 1250. The number of ether oxygens (including phenoxy) is 3. The highest BCUT2D eigenvalue weighted by Crippen LogP contribution is 2.63. The molecule has 0 unspecified atom stereocenters. The maximum absolute atomic E-state index is 14.2. The Morgan fingerprint density at radius 2 is 1.05 bits per heavy atom. The van der Waals surface area contributed by atoms with Gasteiger partial charge >= 0.3 is 59.9 Å². The van der Waals surface area contributed by atoms with Gasteiger partial charge in [0.1, 0.15) is 0 Å². The van der Waals surface area contributed by atoms with Gasteiger partial charge in [-0.15, -0.1) is 0 Å². The second-order valence-electron chi connectivity index (χ2n) is 7.58. The standard InChI is InChI=1S/C19H11F17N2O5/c1-41-11(39)37-6-3-4-7(38-12(40)42-2)8(5-6)43-10(21)9(20)13(22,23)14(24,25)15(26,27)16(28,29)17(30,31)18(32,33)19(34,35)36/h3-5H,1-2H3,(H,37,39)(H,38,40). The maximum Gasteiger partial charge on any atom is 0.460 e. The minimum Gasteiger partial charge on any atom is -0.453 e. The van der Waals surface area contributed by atoms with Crippen molar-refractivity contribution in [2.24, 2.45) is 0 Å². The van der Waals surface area contributed by atoms with Crippen molar-refractivity contribution in [3.63, 3.8) is 0 Å². The third-order valence-corrected chi connectivity index (χ3v) is 4.81. The zero-order valence-corrected chi connectivity index (χ0v) is 20.2. The van der Waals surface area contributed by atoms with E-state index in [1.807, 2.05) is 0 Å². The molecule has 0 aliphatic rings. The first-order chi connectivity index (χ1) is 19.1. The normalized spacial score (nSPS) is 14.5. The van der Waals surface area contributed by atoms with Crippen molar-refractivity contribution in [2.75, 3.05) is 24.9 Å². The fraction of sp³-hybridized carbons (Fsp3) is 0.474. The number of hydrogen-bond donors (Lipinski definition) is 2. The average molecular weight is 670 g/mol. The first-order valence-corrected chi connectivity index (χ1v) is 9.99. The molecule has 7 nitrogen and oxygen atoms in total. The van der Waals surface area contributed by atoms with E-state index in [1.54, 1.807) is 10.6 Å². The van der Waals surface area contributed by atoms with Crippen LogP contribution in [0, 0.1) is 0 Å². The van der Waals surface area contributed by atoms with Crippen LogP contribution in [-0.4, -0.2) is 68.1 Å². The van der Waals surface area contributed by atoms with Crippen LogP contribution in [0.15, 0.2) is 30.0 Å². The fourth-order valence-electron chi connectivity index (χ4n) is 2.49. The Labute approximate surface area is 225 Å². The van der Waals surface area contributed by atoms with Crippen LogP contribution in [-0.2, 0) is 9.47 Å². The summed E-state index contributed by atoms with van der Waals surface area (Å²) in [5, 5.41) is 3.39. The molecule has 43 heavy (non-hydrogen) atoms. The molecule has 1 aromatic rings. The molecule has 0 heterocycles. The molecule has 1 rings (SSSR count). The van der Waals surface area contributed by atoms with Crippen LogP contribution < -0.4 is 15.4 Å². The number of halogens is 17. The highest BCUT2D eigenvalue weighted by Gasteiger charge is 2.93. The van der Waals surface area contributed by atoms with Gasteiger partial charge in [-0.25, -0.2) is 9.59 Å². The third-order valence-electron chi connectivity index (χ3n) is 4.81. The summed E-state index contributed by atoms with van der Waals surface area (Å²) >= 11 is 0. The molecule has 0 aliphatic heterocycles. The van der Waals surface area contributed by atoms with Crippen molar-refractivity contribution in [3.05, 3.63) is 30.0 Å². The molecule has 0 saturated carbocycles. The Balaban J connectivity index is 3.71. The lowest BCUT2D eigenvalue weighted by molar-refractivity contribution is -0.451. The molecule has 0 saturated heterocycles. The number of hydrogen-bond acceptors (Lipinski definition) is 5. The van der Waals surface area contributed by atoms with Gasteiger partial charge in [0, 0.05) is 11.8 Å². The Morgan fingerprint density at radius 3 is 1.49 bits per heavy atom. The Morgan fingerprint density at radius 1 is 0.628 bits per heavy atom. The molecule has 0 atom stereocenters. The lowest BCUT2D eigenvalue weighted by atomic mass is 9.91. The largest absolute Gasteiger partial charge is 0.460 e. The first kappa shape index (κ1) is 37.1. The van der Waals surface area contributed by atoms with E-state index in [0.717, 1.165) is 13.2 Å². The van der Waals surface area contributed by atoms with Crippen LogP contribution in [0.5, 0.6) is 5.75 Å². The number of carbonyl (C=O) groups is 2. The van der Waals surface area contributed by atoms with Crippen molar-refractivity contribution >= 4 is 23.6 Å². The highest BCUT2D eigenvalue weighted by molar-refractivity contribution is 5.89. The van der Waals surface area contributed by atoms with Crippen LogP contribution in [0.2, 0.25) is 0 Å². The Kier molecular flexibility index (Phi) is 10.1. The minimum atomic E-state index is -8.74. The van der Waals surface area contributed by atoms with E-state index in [-0.39, 0.29) is 6.07 Å². The summed E-state index contributed by atoms with van der Waals surface area (Å²) < 4.78 is 240. The molecule has 0 fully saturated rings. The maximum atomic E-state index is 14.2. The smallest absolute Gasteiger partial charge is 0.453 e. The van der Waals surface area contributed by atoms with Gasteiger partial charge in [-0.05, 0) is 12.1 Å². The number of nitrogens with one attached hydrogen (secondary N) is 2. The van der Waals surface area contributed by atoms with Gasteiger partial charge < -0.3 is 14.2 Å². The van der Waals surface area contributed by atoms with E-state index in [9.17, 15) is 84.2 Å². The Hall–Kier alpha value is -3.89. The SMILES string of the molecule is COC(=O)Nc1ccc(NC(=O)OC)c(OC(F)=C(F)C(F)(F)C(F)(F)C(F)(F)C(F)(F)C(F)(F)C(F)(F)C(F)(F)F)c1. The molecular weight excluding hydrogens is 659 g/mol. The van der Waals surface area contributed by atoms with Gasteiger partial charge in [0.05, 0.1) is 19.9 Å². The second kappa shape index (κ2) is 11.7. The number of benzene rings is 1. The van der Waals surface area contributed by atoms with Crippen LogP contribution in [0.1, 0.15) is 0 Å². The molecule has 24 heteroatoms. The number of carbonyl (C=O) groups excluding carboxylic acids is 2. The lowest BCUT2D eigenvalue weighted by Gasteiger charge is -2.41. The van der Waals surface area contributed by atoms with Crippen molar-refractivity contribution < 1.29 is 98.4 Å². The van der Waals surface area contributed by atoms with Crippen LogP contribution in [0.3, 0.4) is 0 Å². The van der Waals surface area contributed by atoms with E-state index < -0.39 is 82.9 Å². The molecule has 2 N–H and O–H groups in total. The van der Waals surface area contributed by atoms with Crippen LogP contribution >= 0.6 is 0 Å². The summed E-state index contributed by atoms with van der Waals surface area (Å²) in [6.45, 7) is 0. The lowest BCUT2D eigenvalue weighted by Crippen LogP contribution is -2.72. The van der Waals surface area contributed by atoms with Crippen molar-refractivity contribution in [3.8, 4) is 5.75 Å². The summed E-state index contributed by atoms with van der Waals surface area (Å²) in [4.78, 5) is 22.6. The van der Waals surface area contributed by atoms with Gasteiger partial charge in [0.15, 0.2) is 5.75 Å². The van der Waals surface area contributed by atoms with E-state index in [2.05, 4.69) is 14.2 Å². The average Bonchev–Trinajstić information content (AvgIpc) is 2.87. The predicted octanol–water partition coefficient (Wildman–Crippen LogP) is 7.90. The van der Waals surface area contributed by atoms with Gasteiger partial charge in [-0.3, -0.25) is 10.6 Å². The van der Waals surface area contributed by atoms with E-state index >= 15 is 0 Å². The summed E-state index contributed by atoms with van der Waals surface area (Å²) in [7, 11) is 1.47. The molecule has 0 spiro atoms. The number of anilines is 2. The number of allylic oxidation sites excluding steroid dienone is 1. The van der Waals surface area contributed by atoms with Crippen LogP contribution in [0.25, 0.3) is 0 Å². The van der Waals surface area contributed by atoms with Gasteiger partial charge in [0.25, 0.3) is 0 Å². The monoisotopic (exact) mass is 670 g/mol. The molecule has 1 aromatic carbocycles. The number of amides is 2. The molecule has 2 amide bonds. The second-order valence-corrected chi connectivity index (χ2v) is 7.58. The predicted molar refractivity (Wildman–Crippen MR) is 104 cm³/mol. The quantitative estimate of drug-likeness (QED) is 0.195. The van der Waals surface area contributed by atoms with E-state index in [4.69, 9.17) is 0 Å². The number of methoxy groups -OCH3 is 2. The number of alkyl halides is 15. The topological polar surface area (TPSA) is 85.9 Å². The van der Waals surface area contributed by atoms with E-state index in [0.29, 0.717) is 13.2 Å². The van der Waals surface area contributed by atoms with Crippen molar-refractivity contribution in [2.45, 2.75) is 41.7 Å². The summed E-state index contributed by atoms with van der Waals surface area (Å²) in [5.41, 5.74) is -1.60. The van der Waals surface area contributed by atoms with Crippen LogP contribution in [0.4, 0.5) is 95.6 Å². The van der Waals surface area contributed by atoms with Gasteiger partial charge in [0.2, 0.25) is 5.83 Å². The molecule has 0 radical (unpaired) electrons. The molecule has 0 aromatic heterocycles. The summed E-state index contributed by atoms with van der Waals surface area (Å²) in [6.07, 6.45) is -10.7. The number of rotatable bonds is 10. The minimum absolute atomic E-state index is 0.258. The van der Waals surface area contributed by atoms with E-state index in [1.165, 1.54) is 0 Å². The summed E-state index contributed by atoms with van der Waals surface area (Å²) in [5.74, 6) is -56.6. The van der Waals surface area contributed by atoms with Crippen molar-refractivity contribution in [1.29, 1.82) is 0 Å². The third kappa shape index (κ3) is 6.26. The first-order valence-electron chi connectivity index (χ1n) is 9.99. The zero-order valence-electron chi connectivity index (χ0n) is 20.2. The molecular formula is C19H11F17N2O5. The molecule has 0 aliphatic carbocycles. The zero-order chi connectivity index (χ0) is 34.2. The highest BCUT2D eigenvalue weighted by atomic mass is 19.4. The molecule has 0 bridgehead atoms. The van der Waals surface area contributed by atoms with Gasteiger partial charge in [-0.2, -0.15) is 74.6 Å². The summed E-state index contributed by atoms with van der Waals surface area (Å²) in [6, 6.07) is -2.18.